The fourth-order valence-corrected chi connectivity index (χ4v) is 1.22. The highest BCUT2D eigenvalue weighted by molar-refractivity contribution is 5.94. The summed E-state index contributed by atoms with van der Waals surface area (Å²) < 4.78 is 4.56. The monoisotopic (exact) mass is 263 g/mol. The van der Waals surface area contributed by atoms with E-state index in [9.17, 15) is 19.7 Å². The molecule has 0 radical (unpaired) electrons. The maximum absolute atomic E-state index is 11.0. The fourth-order valence-electron chi connectivity index (χ4n) is 1.22. The molecular formula is C12H9NO6. The normalized spacial score (nSPS) is 9.11. The average molecular weight is 263 g/mol. The topological polar surface area (TPSA) is 107 Å². The number of esters is 1. The number of hydrogen-bond acceptors (Lipinski definition) is 5. The minimum Gasteiger partial charge on any atom is -0.478 e. The molecular weight excluding hydrogens is 254 g/mol. The molecule has 0 bridgehead atoms. The molecule has 7 heteroatoms. The van der Waals surface area contributed by atoms with Crippen LogP contribution in [0.15, 0.2) is 18.2 Å². The lowest BCUT2D eigenvalue weighted by molar-refractivity contribution is -0.384. The quantitative estimate of drug-likeness (QED) is 0.380. The predicted octanol–water partition coefficient (Wildman–Crippen LogP) is 1.21. The lowest BCUT2D eigenvalue weighted by atomic mass is 10.1. The Hall–Kier alpha value is -2.88. The summed E-state index contributed by atoms with van der Waals surface area (Å²) in [6.07, 6.45) is 0. The summed E-state index contributed by atoms with van der Waals surface area (Å²) in [5.41, 5.74) is -0.698. The number of non-ortho nitro benzene ring substituents is 1. The van der Waals surface area contributed by atoms with Crippen LogP contribution in [0.2, 0.25) is 0 Å². The molecule has 1 N–H and O–H groups in total. The van der Waals surface area contributed by atoms with Crippen molar-refractivity contribution in [3.05, 3.63) is 39.4 Å². The van der Waals surface area contributed by atoms with Crippen molar-refractivity contribution in [1.82, 2.24) is 0 Å². The lowest BCUT2D eigenvalue weighted by Gasteiger charge is -1.99. The van der Waals surface area contributed by atoms with Crippen LogP contribution in [0.25, 0.3) is 0 Å². The molecule has 7 nitrogen and oxygen atoms in total. The van der Waals surface area contributed by atoms with E-state index in [0.29, 0.717) is 0 Å². The molecule has 98 valence electrons. The molecule has 0 unspecified atom stereocenters. The number of nitrogens with zero attached hydrogens (tertiary/aromatic N) is 1. The van der Waals surface area contributed by atoms with E-state index in [4.69, 9.17) is 5.11 Å². The number of carbonyl (C=O) groups excluding carboxylic acids is 1. The Morgan fingerprint density at radius 2 is 2.16 bits per heavy atom. The van der Waals surface area contributed by atoms with Crippen molar-refractivity contribution in [2.75, 3.05) is 6.61 Å². The number of carbonyl (C=O) groups is 2. The van der Waals surface area contributed by atoms with Gasteiger partial charge in [0, 0.05) is 23.6 Å². The standard InChI is InChI=1S/C12H9NO6/c1-2-19-11(14)6-4-8-3-5-9(13(17)18)7-10(8)12(15)16/h3,5,7H,2H2,1H3,(H,15,16). The SMILES string of the molecule is CCOC(=O)C#Cc1ccc([N+](=O)[O-])cc1C(=O)O. The van der Waals surface area contributed by atoms with Crippen LogP contribution in [0.5, 0.6) is 0 Å². The van der Waals surface area contributed by atoms with Crippen molar-refractivity contribution in [1.29, 1.82) is 0 Å². The van der Waals surface area contributed by atoms with Gasteiger partial charge in [-0.05, 0) is 13.0 Å². The van der Waals surface area contributed by atoms with Gasteiger partial charge in [-0.15, -0.1) is 0 Å². The zero-order valence-corrected chi connectivity index (χ0v) is 9.87. The molecule has 1 aromatic rings. The molecule has 19 heavy (non-hydrogen) atoms. The van der Waals surface area contributed by atoms with Crippen LogP contribution in [0.3, 0.4) is 0 Å². The minimum absolute atomic E-state index is 0.00570. The Morgan fingerprint density at radius 3 is 2.68 bits per heavy atom. The maximum atomic E-state index is 11.0. The van der Waals surface area contributed by atoms with Crippen molar-refractivity contribution < 1.29 is 24.4 Å². The Labute approximate surface area is 108 Å². The number of rotatable bonds is 3. The molecule has 1 rings (SSSR count). The number of carboxylic acid groups (broad SMARTS) is 1. The summed E-state index contributed by atoms with van der Waals surface area (Å²) in [5, 5.41) is 19.5. The fraction of sp³-hybridized carbons (Fsp3) is 0.167. The van der Waals surface area contributed by atoms with Gasteiger partial charge in [0.05, 0.1) is 17.1 Å². The predicted molar refractivity (Wildman–Crippen MR) is 63.6 cm³/mol. The van der Waals surface area contributed by atoms with Gasteiger partial charge in [0.15, 0.2) is 0 Å². The van der Waals surface area contributed by atoms with Gasteiger partial charge in [-0.2, -0.15) is 0 Å². The summed E-state index contributed by atoms with van der Waals surface area (Å²) in [4.78, 5) is 31.8. The van der Waals surface area contributed by atoms with E-state index < -0.39 is 16.9 Å². The molecule has 0 aliphatic rings. The first-order valence-electron chi connectivity index (χ1n) is 5.16. The van der Waals surface area contributed by atoms with Crippen molar-refractivity contribution in [2.45, 2.75) is 6.92 Å². The first kappa shape index (κ1) is 14.2. The van der Waals surface area contributed by atoms with Crippen molar-refractivity contribution in [2.24, 2.45) is 0 Å². The summed E-state index contributed by atoms with van der Waals surface area (Å²) in [5.74, 6) is 2.26. The summed E-state index contributed by atoms with van der Waals surface area (Å²) in [7, 11) is 0. The van der Waals surface area contributed by atoms with E-state index in [2.05, 4.69) is 16.6 Å². The molecule has 0 amide bonds. The van der Waals surface area contributed by atoms with Crippen LogP contribution in [0, 0.1) is 22.0 Å². The van der Waals surface area contributed by atoms with Crippen molar-refractivity contribution >= 4 is 17.6 Å². The third kappa shape index (κ3) is 3.81. The van der Waals surface area contributed by atoms with Gasteiger partial charge in [-0.3, -0.25) is 10.1 Å². The number of benzene rings is 1. The van der Waals surface area contributed by atoms with Crippen LogP contribution in [-0.2, 0) is 9.53 Å². The second kappa shape index (κ2) is 6.16. The number of hydrogen-bond donors (Lipinski definition) is 1. The molecule has 0 saturated carbocycles. The molecule has 0 spiro atoms. The minimum atomic E-state index is -1.36. The highest BCUT2D eigenvalue weighted by atomic mass is 16.6. The Kier molecular flexibility index (Phi) is 4.60. The van der Waals surface area contributed by atoms with E-state index in [1.54, 1.807) is 6.92 Å². The first-order chi connectivity index (χ1) is 8.95. The van der Waals surface area contributed by atoms with Crippen molar-refractivity contribution in [3.8, 4) is 11.8 Å². The average Bonchev–Trinajstić information content (AvgIpc) is 2.36. The molecule has 0 atom stereocenters. The van der Waals surface area contributed by atoms with E-state index in [1.807, 2.05) is 0 Å². The number of aromatic carboxylic acids is 1. The highest BCUT2D eigenvalue weighted by Crippen LogP contribution is 2.17. The smallest absolute Gasteiger partial charge is 0.384 e. The number of carboxylic acids is 1. The van der Waals surface area contributed by atoms with Crippen molar-refractivity contribution in [3.63, 3.8) is 0 Å². The third-order valence-corrected chi connectivity index (χ3v) is 2.02. The lowest BCUT2D eigenvalue weighted by Crippen LogP contribution is -2.03. The van der Waals surface area contributed by atoms with Gasteiger partial charge in [-0.25, -0.2) is 9.59 Å². The van der Waals surface area contributed by atoms with E-state index >= 15 is 0 Å². The second-order valence-corrected chi connectivity index (χ2v) is 3.26. The van der Waals surface area contributed by atoms with Gasteiger partial charge in [0.1, 0.15) is 0 Å². The van der Waals surface area contributed by atoms with Crippen LogP contribution in [0.4, 0.5) is 5.69 Å². The summed E-state index contributed by atoms with van der Waals surface area (Å²) in [6, 6.07) is 3.17. The molecule has 0 heterocycles. The van der Waals surface area contributed by atoms with Crippen LogP contribution >= 0.6 is 0 Å². The van der Waals surface area contributed by atoms with Crippen LogP contribution in [-0.4, -0.2) is 28.6 Å². The number of nitro groups is 1. The number of nitro benzene ring substituents is 1. The van der Waals surface area contributed by atoms with Gasteiger partial charge in [0.25, 0.3) is 5.69 Å². The summed E-state index contributed by atoms with van der Waals surface area (Å²) >= 11 is 0. The highest BCUT2D eigenvalue weighted by Gasteiger charge is 2.14. The van der Waals surface area contributed by atoms with E-state index in [0.717, 1.165) is 12.1 Å². The maximum Gasteiger partial charge on any atom is 0.384 e. The Balaban J connectivity index is 3.17. The van der Waals surface area contributed by atoms with Gasteiger partial charge in [-0.1, -0.05) is 5.92 Å². The van der Waals surface area contributed by atoms with Gasteiger partial charge >= 0.3 is 11.9 Å². The molecule has 0 saturated heterocycles. The molecule has 0 fully saturated rings. The van der Waals surface area contributed by atoms with Gasteiger partial charge in [0.2, 0.25) is 0 Å². The van der Waals surface area contributed by atoms with Gasteiger partial charge < -0.3 is 9.84 Å². The first-order valence-corrected chi connectivity index (χ1v) is 5.16. The summed E-state index contributed by atoms with van der Waals surface area (Å²) in [6.45, 7) is 1.76. The van der Waals surface area contributed by atoms with E-state index in [-0.39, 0.29) is 23.4 Å². The van der Waals surface area contributed by atoms with E-state index in [1.165, 1.54) is 6.07 Å². The third-order valence-electron chi connectivity index (χ3n) is 2.02. The van der Waals surface area contributed by atoms with Crippen LogP contribution < -0.4 is 0 Å². The number of ether oxygens (including phenoxy) is 1. The second-order valence-electron chi connectivity index (χ2n) is 3.26. The zero-order chi connectivity index (χ0) is 14.4. The van der Waals surface area contributed by atoms with Crippen LogP contribution in [0.1, 0.15) is 22.8 Å². The molecule has 0 aromatic heterocycles. The molecule has 0 aliphatic carbocycles. The Morgan fingerprint density at radius 1 is 1.47 bits per heavy atom. The molecule has 0 aliphatic heterocycles. The Bertz CT molecular complexity index is 596. The zero-order valence-electron chi connectivity index (χ0n) is 9.87. The molecule has 1 aromatic carbocycles. The largest absolute Gasteiger partial charge is 0.478 e.